The van der Waals surface area contributed by atoms with Gasteiger partial charge in [-0.1, -0.05) is 68.8 Å². The average molecular weight is 546 g/mol. The van der Waals surface area contributed by atoms with Crippen molar-refractivity contribution in [3.8, 4) is 5.75 Å². The van der Waals surface area contributed by atoms with Crippen molar-refractivity contribution in [2.75, 3.05) is 0 Å². The molecular weight excluding hydrogens is 514 g/mol. The van der Waals surface area contributed by atoms with Crippen LogP contribution in [0, 0.1) is 0 Å². The van der Waals surface area contributed by atoms with Gasteiger partial charge in [-0.15, -0.1) is 0 Å². The summed E-state index contributed by atoms with van der Waals surface area (Å²) in [6.45, 7) is 11.0. The molecule has 38 heavy (non-hydrogen) atoms. The maximum Gasteiger partial charge on any atom is 0.261 e. The number of carbonyl (C=O) groups excluding carboxylic acids is 1. The molecule has 5 rings (SSSR count). The van der Waals surface area contributed by atoms with Crippen LogP contribution in [0.15, 0.2) is 88.9 Å². The zero-order valence-electron chi connectivity index (χ0n) is 22.4. The minimum atomic E-state index is -2.12. The van der Waals surface area contributed by atoms with Gasteiger partial charge in [-0.3, -0.25) is 9.69 Å². The molecule has 3 heterocycles. The van der Waals surface area contributed by atoms with Crippen molar-refractivity contribution < 1.29 is 14.0 Å². The van der Waals surface area contributed by atoms with E-state index in [1.165, 1.54) is 0 Å². The summed E-state index contributed by atoms with van der Waals surface area (Å²) in [5.74, 6) is 1.80. The molecule has 0 saturated heterocycles. The Hall–Kier alpha value is -3.42. The molecule has 0 spiro atoms. The first-order valence-electron chi connectivity index (χ1n) is 12.8. The molecule has 0 aromatic heterocycles. The van der Waals surface area contributed by atoms with Crippen molar-refractivity contribution >= 4 is 43.1 Å². The molecule has 0 N–H and O–H groups in total. The minimum absolute atomic E-state index is 0.0207. The topological polar surface area (TPSA) is 63.5 Å². The Morgan fingerprint density at radius 3 is 2.63 bits per heavy atom. The lowest BCUT2D eigenvalue weighted by Crippen LogP contribution is -2.43. The molecule has 8 heteroatoms. The molecule has 196 valence electrons. The van der Waals surface area contributed by atoms with Crippen LogP contribution in [0.2, 0.25) is 23.2 Å². The Kier molecular flexibility index (Phi) is 6.92. The third-order valence-electron chi connectivity index (χ3n) is 7.34. The number of halogens is 1. The van der Waals surface area contributed by atoms with E-state index in [0.29, 0.717) is 35.1 Å². The summed E-state index contributed by atoms with van der Waals surface area (Å²) in [7, 11) is -2.12. The Morgan fingerprint density at radius 2 is 1.95 bits per heavy atom. The number of aliphatic imine (C=N–C) groups is 2. The average Bonchev–Trinajstić information content (AvgIpc) is 3.49. The van der Waals surface area contributed by atoms with Crippen molar-refractivity contribution in [1.82, 2.24) is 4.90 Å². The highest BCUT2D eigenvalue weighted by atomic mass is 35.5. The SMILES string of the molecule is CC(C)(C)[Si](C)(C)Oc1cc(C2=CN3C(=O)C(/C=C4/CC=CO4)N=C3C(Cc3ccccc3)=N2)ccc1Cl. The Morgan fingerprint density at radius 1 is 1.18 bits per heavy atom. The summed E-state index contributed by atoms with van der Waals surface area (Å²) in [6, 6.07) is 15.1. The van der Waals surface area contributed by atoms with Gasteiger partial charge in [0.05, 0.1) is 22.7 Å². The molecule has 0 radical (unpaired) electrons. The predicted octanol–water partition coefficient (Wildman–Crippen LogP) is 7.15. The second kappa shape index (κ2) is 10.0. The van der Waals surface area contributed by atoms with Gasteiger partial charge < -0.3 is 9.16 Å². The molecule has 1 atom stereocenters. The molecule has 1 unspecified atom stereocenters. The third-order valence-corrected chi connectivity index (χ3v) is 12.0. The fraction of sp³-hybridized carbons (Fsp3) is 0.300. The van der Waals surface area contributed by atoms with Gasteiger partial charge in [-0.05, 0) is 48.0 Å². The molecule has 1 amide bonds. The van der Waals surface area contributed by atoms with Crippen LogP contribution >= 0.6 is 11.6 Å². The van der Waals surface area contributed by atoms with E-state index in [9.17, 15) is 4.79 Å². The van der Waals surface area contributed by atoms with Crippen LogP contribution in [0.4, 0.5) is 0 Å². The van der Waals surface area contributed by atoms with Gasteiger partial charge in [0.25, 0.3) is 14.2 Å². The minimum Gasteiger partial charge on any atom is -0.542 e. The second-order valence-corrected chi connectivity index (χ2v) is 16.3. The van der Waals surface area contributed by atoms with Gasteiger partial charge in [-0.25, -0.2) is 9.98 Å². The molecular formula is C30H32ClN3O3Si. The highest BCUT2D eigenvalue weighted by Crippen LogP contribution is 2.40. The molecule has 6 nitrogen and oxygen atoms in total. The van der Waals surface area contributed by atoms with Crippen molar-refractivity contribution in [3.63, 3.8) is 0 Å². The largest absolute Gasteiger partial charge is 0.542 e. The number of allylic oxidation sites excluding steroid dienone is 1. The zero-order valence-corrected chi connectivity index (χ0v) is 24.1. The van der Waals surface area contributed by atoms with Gasteiger partial charge in [-0.2, -0.15) is 0 Å². The lowest BCUT2D eigenvalue weighted by Gasteiger charge is -2.36. The Labute approximate surface area is 230 Å². The molecule has 2 aromatic carbocycles. The number of fused-ring (bicyclic) bond motifs is 1. The van der Waals surface area contributed by atoms with Crippen molar-refractivity contribution in [2.24, 2.45) is 9.98 Å². The highest BCUT2D eigenvalue weighted by molar-refractivity contribution is 6.74. The van der Waals surface area contributed by atoms with Gasteiger partial charge >= 0.3 is 0 Å². The van der Waals surface area contributed by atoms with Gasteiger partial charge in [0.1, 0.15) is 11.5 Å². The van der Waals surface area contributed by atoms with Crippen molar-refractivity contribution in [2.45, 2.75) is 57.8 Å². The number of ether oxygens (including phenoxy) is 1. The predicted molar refractivity (Wildman–Crippen MR) is 156 cm³/mol. The van der Waals surface area contributed by atoms with E-state index in [1.807, 2.05) is 54.6 Å². The first-order chi connectivity index (χ1) is 18.0. The summed E-state index contributed by atoms with van der Waals surface area (Å²) in [5.41, 5.74) is 3.30. The maximum atomic E-state index is 13.5. The van der Waals surface area contributed by atoms with Crippen LogP contribution in [0.3, 0.4) is 0 Å². The summed E-state index contributed by atoms with van der Waals surface area (Å²) < 4.78 is 12.0. The van der Waals surface area contributed by atoms with Crippen molar-refractivity contribution in [3.05, 3.63) is 95.1 Å². The van der Waals surface area contributed by atoms with Crippen LogP contribution < -0.4 is 4.43 Å². The van der Waals surface area contributed by atoms with E-state index in [2.05, 4.69) is 33.9 Å². The number of benzene rings is 2. The van der Waals surface area contributed by atoms with E-state index in [0.717, 1.165) is 22.6 Å². The number of nitrogens with zero attached hydrogens (tertiary/aromatic N) is 3. The number of amides is 1. The third kappa shape index (κ3) is 5.26. The molecule has 0 saturated carbocycles. The number of hydrogen-bond donors (Lipinski definition) is 0. The van der Waals surface area contributed by atoms with Crippen LogP contribution in [0.1, 0.15) is 38.3 Å². The molecule has 0 fully saturated rings. The number of carbonyl (C=O) groups is 1. The van der Waals surface area contributed by atoms with Crippen LogP contribution in [0.5, 0.6) is 5.75 Å². The number of amidine groups is 1. The molecule has 0 bridgehead atoms. The Bertz CT molecular complexity index is 1410. The van der Waals surface area contributed by atoms with Crippen LogP contribution in [0.25, 0.3) is 5.70 Å². The van der Waals surface area contributed by atoms with Gasteiger partial charge in [0, 0.05) is 24.6 Å². The van der Waals surface area contributed by atoms with E-state index in [4.69, 9.17) is 30.7 Å². The van der Waals surface area contributed by atoms with E-state index in [-0.39, 0.29) is 10.9 Å². The quantitative estimate of drug-likeness (QED) is 0.362. The van der Waals surface area contributed by atoms with E-state index >= 15 is 0 Å². The van der Waals surface area contributed by atoms with E-state index < -0.39 is 14.4 Å². The standard InChI is InChI=1S/C30H32ClN3O3Si/c1-30(2,3)38(4,5)37-27-17-21(13-14-23(27)31)26-19-34-28(24(32-26)16-20-10-7-6-8-11-20)33-25(29(34)35)18-22-12-9-15-36-22/h6-11,13-15,17-19,25H,12,16H2,1-5H3/b22-18-. The lowest BCUT2D eigenvalue weighted by atomic mass is 10.0. The molecule has 3 aliphatic heterocycles. The summed E-state index contributed by atoms with van der Waals surface area (Å²) in [4.78, 5) is 24.9. The highest BCUT2D eigenvalue weighted by Gasteiger charge is 2.40. The normalized spacial score (nSPS) is 20.2. The second-order valence-electron chi connectivity index (χ2n) is 11.2. The first kappa shape index (κ1) is 26.2. The van der Waals surface area contributed by atoms with Crippen LogP contribution in [-0.4, -0.2) is 36.7 Å². The van der Waals surface area contributed by atoms with Gasteiger partial charge in [0.15, 0.2) is 11.9 Å². The molecule has 3 aliphatic rings. The Balaban J connectivity index is 1.53. The molecule has 2 aromatic rings. The fourth-order valence-electron chi connectivity index (χ4n) is 4.14. The zero-order chi connectivity index (χ0) is 27.1. The first-order valence-corrected chi connectivity index (χ1v) is 16.1. The summed E-state index contributed by atoms with van der Waals surface area (Å²) in [5, 5.41) is 0.576. The van der Waals surface area contributed by atoms with Crippen LogP contribution in [-0.2, 0) is 16.0 Å². The summed E-state index contributed by atoms with van der Waals surface area (Å²) >= 11 is 6.57. The fourth-order valence-corrected chi connectivity index (χ4v) is 5.38. The molecule has 0 aliphatic carbocycles. The van der Waals surface area contributed by atoms with Crippen molar-refractivity contribution in [1.29, 1.82) is 0 Å². The maximum absolute atomic E-state index is 13.5. The monoisotopic (exact) mass is 545 g/mol. The smallest absolute Gasteiger partial charge is 0.261 e. The lowest BCUT2D eigenvalue weighted by molar-refractivity contribution is -0.124. The number of hydrogen-bond acceptors (Lipinski definition) is 5. The summed E-state index contributed by atoms with van der Waals surface area (Å²) in [6.07, 6.45) is 8.30. The van der Waals surface area contributed by atoms with E-state index in [1.54, 1.807) is 23.4 Å². The van der Waals surface area contributed by atoms with Gasteiger partial charge in [0.2, 0.25) is 0 Å². The number of rotatable bonds is 6.